The third-order valence-corrected chi connectivity index (χ3v) is 6.41. The average molecular weight is 401 g/mol. The Bertz CT molecular complexity index is 1110. The van der Waals surface area contributed by atoms with Crippen molar-refractivity contribution in [1.82, 2.24) is 4.90 Å². The van der Waals surface area contributed by atoms with E-state index in [0.29, 0.717) is 13.0 Å². The molecule has 1 aliphatic carbocycles. The van der Waals surface area contributed by atoms with Crippen molar-refractivity contribution in [3.63, 3.8) is 0 Å². The topological polar surface area (TPSA) is 29.5 Å². The number of nitrogens with zero attached hydrogens (tertiary/aromatic N) is 1. The lowest BCUT2D eigenvalue weighted by molar-refractivity contribution is -0.127. The van der Waals surface area contributed by atoms with Gasteiger partial charge in [0.1, 0.15) is 11.6 Å². The van der Waals surface area contributed by atoms with Crippen molar-refractivity contribution in [2.45, 2.75) is 25.2 Å². The number of carbonyl (C=O) groups is 1. The van der Waals surface area contributed by atoms with Crippen LogP contribution in [0.1, 0.15) is 34.6 Å². The molecular formula is C26H24FNO2. The summed E-state index contributed by atoms with van der Waals surface area (Å²) in [6, 6.07) is 19.2. The van der Waals surface area contributed by atoms with Gasteiger partial charge < -0.3 is 9.64 Å². The van der Waals surface area contributed by atoms with Crippen LogP contribution in [0.2, 0.25) is 0 Å². The van der Waals surface area contributed by atoms with Crippen LogP contribution in [0.25, 0.3) is 11.1 Å². The molecule has 1 amide bonds. The number of likely N-dealkylation sites (tertiary alicyclic amines) is 1. The number of hydrogen-bond donors (Lipinski definition) is 0. The second kappa shape index (κ2) is 7.60. The van der Waals surface area contributed by atoms with Gasteiger partial charge in [0, 0.05) is 37.4 Å². The van der Waals surface area contributed by atoms with Crippen molar-refractivity contribution >= 4 is 5.91 Å². The van der Waals surface area contributed by atoms with Crippen LogP contribution in [0.15, 0.2) is 60.7 Å². The third-order valence-electron chi connectivity index (χ3n) is 6.41. The van der Waals surface area contributed by atoms with Gasteiger partial charge in [-0.1, -0.05) is 42.5 Å². The summed E-state index contributed by atoms with van der Waals surface area (Å²) in [5, 5.41) is 0. The molecule has 1 heterocycles. The Kier molecular flexibility index (Phi) is 4.78. The lowest BCUT2D eigenvalue weighted by Crippen LogP contribution is -2.27. The minimum absolute atomic E-state index is 0.177. The number of rotatable bonds is 5. The number of amides is 1. The van der Waals surface area contributed by atoms with Crippen LogP contribution < -0.4 is 4.74 Å². The molecule has 30 heavy (non-hydrogen) atoms. The van der Waals surface area contributed by atoms with Crippen molar-refractivity contribution in [2.24, 2.45) is 0 Å². The minimum atomic E-state index is -0.232. The van der Waals surface area contributed by atoms with E-state index < -0.39 is 0 Å². The minimum Gasteiger partial charge on any atom is -0.496 e. The number of ether oxygens (including phenoxy) is 1. The molecule has 1 fully saturated rings. The van der Waals surface area contributed by atoms with Gasteiger partial charge in [-0.05, 0) is 52.4 Å². The van der Waals surface area contributed by atoms with E-state index in [1.54, 1.807) is 19.2 Å². The van der Waals surface area contributed by atoms with Crippen LogP contribution in [0.3, 0.4) is 0 Å². The fraction of sp³-hybridized carbons (Fsp3) is 0.269. The van der Waals surface area contributed by atoms with E-state index in [9.17, 15) is 9.18 Å². The number of carbonyl (C=O) groups excluding carboxylic acids is 1. The number of halogens is 1. The lowest BCUT2D eigenvalue weighted by atomic mass is 9.89. The van der Waals surface area contributed by atoms with Gasteiger partial charge in [-0.3, -0.25) is 4.79 Å². The Balaban J connectivity index is 1.40. The summed E-state index contributed by atoms with van der Waals surface area (Å²) >= 11 is 0. The largest absolute Gasteiger partial charge is 0.496 e. The monoisotopic (exact) mass is 401 g/mol. The molecular weight excluding hydrogens is 377 g/mol. The molecule has 0 bridgehead atoms. The first-order valence-electron chi connectivity index (χ1n) is 10.4. The predicted molar refractivity (Wildman–Crippen MR) is 115 cm³/mol. The number of benzene rings is 3. The normalized spacial score (nSPS) is 17.2. The first-order chi connectivity index (χ1) is 14.6. The molecule has 0 radical (unpaired) electrons. The fourth-order valence-electron chi connectivity index (χ4n) is 4.89. The van der Waals surface area contributed by atoms with E-state index in [1.807, 2.05) is 11.0 Å². The van der Waals surface area contributed by atoms with E-state index in [2.05, 4.69) is 30.3 Å². The summed E-state index contributed by atoms with van der Waals surface area (Å²) in [4.78, 5) is 14.7. The maximum atomic E-state index is 13.1. The first kappa shape index (κ1) is 18.9. The molecule has 1 unspecified atom stereocenters. The van der Waals surface area contributed by atoms with Gasteiger partial charge in [-0.25, -0.2) is 4.39 Å². The second-order valence-electron chi connectivity index (χ2n) is 8.16. The van der Waals surface area contributed by atoms with E-state index in [-0.39, 0.29) is 17.6 Å². The van der Waals surface area contributed by atoms with Gasteiger partial charge in [-0.2, -0.15) is 0 Å². The molecule has 1 aliphatic heterocycles. The summed E-state index contributed by atoms with van der Waals surface area (Å²) in [6.07, 6.45) is 2.14. The van der Waals surface area contributed by atoms with Crippen molar-refractivity contribution in [1.29, 1.82) is 0 Å². The molecule has 0 aromatic heterocycles. The van der Waals surface area contributed by atoms with Crippen LogP contribution in [0.5, 0.6) is 5.75 Å². The summed E-state index contributed by atoms with van der Waals surface area (Å²) < 4.78 is 18.8. The van der Waals surface area contributed by atoms with Crippen molar-refractivity contribution in [3.05, 3.63) is 88.7 Å². The van der Waals surface area contributed by atoms with E-state index in [0.717, 1.165) is 30.7 Å². The van der Waals surface area contributed by atoms with Crippen LogP contribution in [-0.4, -0.2) is 31.0 Å². The van der Waals surface area contributed by atoms with Crippen molar-refractivity contribution < 1.29 is 13.9 Å². The molecule has 0 N–H and O–H groups in total. The van der Waals surface area contributed by atoms with Crippen molar-refractivity contribution in [3.8, 4) is 16.9 Å². The maximum Gasteiger partial charge on any atom is 0.223 e. The van der Waals surface area contributed by atoms with Gasteiger partial charge in [-0.15, -0.1) is 0 Å². The van der Waals surface area contributed by atoms with Gasteiger partial charge in [0.2, 0.25) is 5.91 Å². The Morgan fingerprint density at radius 1 is 1.07 bits per heavy atom. The Labute approximate surface area is 176 Å². The molecule has 0 spiro atoms. The molecule has 1 saturated heterocycles. The summed E-state index contributed by atoms with van der Waals surface area (Å²) in [6.45, 7) is 1.39. The van der Waals surface area contributed by atoms with Crippen LogP contribution in [-0.2, 0) is 17.6 Å². The predicted octanol–water partition coefficient (Wildman–Crippen LogP) is 4.96. The van der Waals surface area contributed by atoms with Gasteiger partial charge in [0.15, 0.2) is 0 Å². The fourth-order valence-corrected chi connectivity index (χ4v) is 4.89. The molecule has 2 aliphatic rings. The summed E-state index contributed by atoms with van der Waals surface area (Å²) in [5.74, 6) is 1.06. The summed E-state index contributed by atoms with van der Waals surface area (Å²) in [7, 11) is 1.72. The van der Waals surface area contributed by atoms with Crippen LogP contribution in [0.4, 0.5) is 4.39 Å². The lowest BCUT2D eigenvalue weighted by Gasteiger charge is -2.19. The number of hydrogen-bond acceptors (Lipinski definition) is 2. The zero-order valence-corrected chi connectivity index (χ0v) is 17.0. The average Bonchev–Trinajstić information content (AvgIpc) is 3.33. The second-order valence-corrected chi connectivity index (χ2v) is 8.16. The molecule has 3 nitrogen and oxygen atoms in total. The van der Waals surface area contributed by atoms with Crippen molar-refractivity contribution in [2.75, 3.05) is 20.2 Å². The Hall–Kier alpha value is -3.14. The van der Waals surface area contributed by atoms with Gasteiger partial charge in [0.25, 0.3) is 0 Å². The van der Waals surface area contributed by atoms with Gasteiger partial charge >= 0.3 is 0 Å². The molecule has 5 rings (SSSR count). The molecule has 4 heteroatoms. The number of methoxy groups -OCH3 is 1. The Morgan fingerprint density at radius 2 is 1.87 bits per heavy atom. The highest BCUT2D eigenvalue weighted by Gasteiger charge is 2.34. The smallest absolute Gasteiger partial charge is 0.223 e. The third kappa shape index (κ3) is 3.26. The van der Waals surface area contributed by atoms with E-state index in [1.165, 1.54) is 39.9 Å². The highest BCUT2D eigenvalue weighted by atomic mass is 19.1. The van der Waals surface area contributed by atoms with Gasteiger partial charge in [0.05, 0.1) is 7.11 Å². The van der Waals surface area contributed by atoms with E-state index >= 15 is 0 Å². The van der Waals surface area contributed by atoms with E-state index in [4.69, 9.17) is 4.74 Å². The molecule has 152 valence electrons. The standard InChI is InChI=1S/C26H24FNO2/c1-30-24-11-10-22(26-21-5-3-2-4-18(21)14-23(24)26)19-15-25(29)28(16-19)13-12-17-6-8-20(27)9-7-17/h2-11,19H,12-16H2,1H3. The van der Waals surface area contributed by atoms with Crippen LogP contribution >= 0.6 is 0 Å². The quantitative estimate of drug-likeness (QED) is 0.473. The molecule has 0 saturated carbocycles. The highest BCUT2D eigenvalue weighted by Crippen LogP contribution is 2.46. The SMILES string of the molecule is COc1ccc(C2CC(=O)N(CCc3ccc(F)cc3)C2)c2c1Cc1ccccc1-2. The highest BCUT2D eigenvalue weighted by molar-refractivity contribution is 5.85. The zero-order valence-electron chi connectivity index (χ0n) is 17.0. The molecule has 3 aromatic carbocycles. The molecule has 3 aromatic rings. The maximum absolute atomic E-state index is 13.1. The summed E-state index contributed by atoms with van der Waals surface area (Å²) in [5.41, 5.74) is 7.35. The Morgan fingerprint density at radius 3 is 2.67 bits per heavy atom. The van der Waals surface area contributed by atoms with Crippen LogP contribution in [0, 0.1) is 5.82 Å². The molecule has 1 atom stereocenters. The first-order valence-corrected chi connectivity index (χ1v) is 10.4. The zero-order chi connectivity index (χ0) is 20.7. The number of fused-ring (bicyclic) bond motifs is 3.